The third-order valence-corrected chi connectivity index (χ3v) is 2.22. The van der Waals surface area contributed by atoms with Crippen LogP contribution in [0.25, 0.3) is 11.0 Å². The number of benzene rings is 1. The fraction of sp³-hybridized carbons (Fsp3) is 0.273. The summed E-state index contributed by atoms with van der Waals surface area (Å²) in [5.41, 5.74) is 7.25. The molecule has 0 bridgehead atoms. The molecule has 1 atom stereocenters. The van der Waals surface area contributed by atoms with Crippen LogP contribution in [0.1, 0.15) is 6.92 Å². The van der Waals surface area contributed by atoms with Gasteiger partial charge in [0.2, 0.25) is 0 Å². The van der Waals surface area contributed by atoms with Crippen LogP contribution in [0.3, 0.4) is 0 Å². The summed E-state index contributed by atoms with van der Waals surface area (Å²) >= 11 is 0. The molecule has 0 saturated carbocycles. The minimum atomic E-state index is -0.106. The molecule has 0 unspecified atom stereocenters. The van der Waals surface area contributed by atoms with Crippen molar-refractivity contribution < 1.29 is 0 Å². The van der Waals surface area contributed by atoms with Gasteiger partial charge in [-0.25, -0.2) is 4.98 Å². The molecule has 4 nitrogen and oxygen atoms in total. The second kappa shape index (κ2) is 3.82. The molecule has 0 aliphatic rings. The van der Waals surface area contributed by atoms with Gasteiger partial charge in [0, 0.05) is 12.6 Å². The molecule has 2 rings (SSSR count). The number of para-hydroxylation sites is 2. The van der Waals surface area contributed by atoms with E-state index in [0.717, 1.165) is 11.0 Å². The smallest absolute Gasteiger partial charge is 0.269 e. The van der Waals surface area contributed by atoms with Crippen LogP contribution in [0.5, 0.6) is 0 Å². The topological polar surface area (TPSA) is 60.9 Å². The van der Waals surface area contributed by atoms with Crippen LogP contribution in [0, 0.1) is 0 Å². The Morgan fingerprint density at radius 3 is 2.93 bits per heavy atom. The highest BCUT2D eigenvalue weighted by molar-refractivity contribution is 5.74. The van der Waals surface area contributed by atoms with Gasteiger partial charge in [-0.1, -0.05) is 12.1 Å². The molecule has 2 N–H and O–H groups in total. The Labute approximate surface area is 87.4 Å². The first kappa shape index (κ1) is 9.86. The fourth-order valence-electron chi connectivity index (χ4n) is 1.59. The Morgan fingerprint density at radius 1 is 1.47 bits per heavy atom. The third kappa shape index (κ3) is 1.89. The molecule has 1 aromatic carbocycles. The Balaban J connectivity index is 2.68. The van der Waals surface area contributed by atoms with Crippen LogP contribution >= 0.6 is 0 Å². The number of fused-ring (bicyclic) bond motifs is 1. The maximum atomic E-state index is 11.6. The van der Waals surface area contributed by atoms with Crippen molar-refractivity contribution in [3.8, 4) is 0 Å². The van der Waals surface area contributed by atoms with E-state index in [0.29, 0.717) is 6.54 Å². The van der Waals surface area contributed by atoms with E-state index in [9.17, 15) is 4.79 Å². The average molecular weight is 203 g/mol. The molecular weight excluding hydrogens is 190 g/mol. The summed E-state index contributed by atoms with van der Waals surface area (Å²) in [6.45, 7) is 2.39. The van der Waals surface area contributed by atoms with Gasteiger partial charge in [0.25, 0.3) is 5.56 Å². The van der Waals surface area contributed by atoms with Crippen LogP contribution in [0.2, 0.25) is 0 Å². The summed E-state index contributed by atoms with van der Waals surface area (Å²) < 4.78 is 1.66. The van der Waals surface area contributed by atoms with E-state index in [1.807, 2.05) is 31.2 Å². The Hall–Kier alpha value is -1.68. The third-order valence-electron chi connectivity index (χ3n) is 2.22. The lowest BCUT2D eigenvalue weighted by atomic mass is 10.2. The van der Waals surface area contributed by atoms with Gasteiger partial charge in [-0.2, -0.15) is 0 Å². The Morgan fingerprint density at radius 2 is 2.20 bits per heavy atom. The minimum absolute atomic E-state index is 0.0477. The number of rotatable bonds is 2. The van der Waals surface area contributed by atoms with Gasteiger partial charge in [-0.3, -0.25) is 4.79 Å². The molecule has 1 aromatic heterocycles. The Kier molecular flexibility index (Phi) is 2.51. The van der Waals surface area contributed by atoms with Gasteiger partial charge in [0.05, 0.1) is 17.2 Å². The van der Waals surface area contributed by atoms with Crippen LogP contribution in [-0.4, -0.2) is 15.6 Å². The van der Waals surface area contributed by atoms with Gasteiger partial charge in [0.1, 0.15) is 0 Å². The summed E-state index contributed by atoms with van der Waals surface area (Å²) in [7, 11) is 0. The molecule has 2 aromatic rings. The van der Waals surface area contributed by atoms with E-state index in [1.54, 1.807) is 4.57 Å². The van der Waals surface area contributed by atoms with Gasteiger partial charge < -0.3 is 10.3 Å². The molecule has 0 saturated heterocycles. The number of nitrogens with two attached hydrogens (primary N) is 1. The monoisotopic (exact) mass is 203 g/mol. The molecule has 0 amide bonds. The SMILES string of the molecule is C[C@H](N)Cn1c(=O)cnc2ccccc21. The first-order valence-electron chi connectivity index (χ1n) is 4.88. The van der Waals surface area contributed by atoms with Gasteiger partial charge in [-0.15, -0.1) is 0 Å². The van der Waals surface area contributed by atoms with Crippen LogP contribution < -0.4 is 11.3 Å². The normalized spacial score (nSPS) is 12.9. The summed E-state index contributed by atoms with van der Waals surface area (Å²) in [4.78, 5) is 15.7. The zero-order valence-electron chi connectivity index (χ0n) is 8.55. The van der Waals surface area contributed by atoms with Gasteiger partial charge in [-0.05, 0) is 19.1 Å². The molecule has 15 heavy (non-hydrogen) atoms. The summed E-state index contributed by atoms with van der Waals surface area (Å²) in [6, 6.07) is 7.50. The van der Waals surface area contributed by atoms with E-state index in [4.69, 9.17) is 5.73 Å². The summed E-state index contributed by atoms with van der Waals surface area (Å²) in [5.74, 6) is 0. The quantitative estimate of drug-likeness (QED) is 0.783. The predicted molar refractivity (Wildman–Crippen MR) is 59.7 cm³/mol. The van der Waals surface area contributed by atoms with E-state index in [-0.39, 0.29) is 11.6 Å². The fourth-order valence-corrected chi connectivity index (χ4v) is 1.59. The zero-order chi connectivity index (χ0) is 10.8. The second-order valence-electron chi connectivity index (χ2n) is 3.67. The highest BCUT2D eigenvalue weighted by Crippen LogP contribution is 2.08. The molecule has 1 heterocycles. The number of aromatic nitrogens is 2. The van der Waals surface area contributed by atoms with E-state index >= 15 is 0 Å². The lowest BCUT2D eigenvalue weighted by Crippen LogP contribution is -2.30. The van der Waals surface area contributed by atoms with Crippen LogP contribution in [0.4, 0.5) is 0 Å². The maximum absolute atomic E-state index is 11.6. The van der Waals surface area contributed by atoms with E-state index < -0.39 is 0 Å². The maximum Gasteiger partial charge on any atom is 0.269 e. The second-order valence-corrected chi connectivity index (χ2v) is 3.67. The molecular formula is C11H13N3O. The highest BCUT2D eigenvalue weighted by atomic mass is 16.1. The van der Waals surface area contributed by atoms with Crippen molar-refractivity contribution in [2.45, 2.75) is 19.5 Å². The minimum Gasteiger partial charge on any atom is -0.326 e. The van der Waals surface area contributed by atoms with Crippen molar-refractivity contribution in [2.24, 2.45) is 5.73 Å². The largest absolute Gasteiger partial charge is 0.326 e. The highest BCUT2D eigenvalue weighted by Gasteiger charge is 2.04. The van der Waals surface area contributed by atoms with Crippen molar-refractivity contribution in [1.82, 2.24) is 9.55 Å². The van der Waals surface area contributed by atoms with Crippen molar-refractivity contribution in [3.63, 3.8) is 0 Å². The molecule has 4 heteroatoms. The molecule has 0 spiro atoms. The molecule has 0 aliphatic heterocycles. The van der Waals surface area contributed by atoms with Crippen LogP contribution in [0.15, 0.2) is 35.3 Å². The summed E-state index contributed by atoms with van der Waals surface area (Å²) in [5, 5.41) is 0. The average Bonchev–Trinajstić information content (AvgIpc) is 2.22. The standard InChI is InChI=1S/C11H13N3O/c1-8(12)7-14-10-5-3-2-4-9(10)13-6-11(14)15/h2-6,8H,7,12H2,1H3/t8-/m0/s1. The first-order chi connectivity index (χ1) is 7.18. The number of nitrogens with zero attached hydrogens (tertiary/aromatic N) is 2. The predicted octanol–water partition coefficient (Wildman–Crippen LogP) is 0.744. The first-order valence-corrected chi connectivity index (χ1v) is 4.88. The van der Waals surface area contributed by atoms with Crippen LogP contribution in [-0.2, 0) is 6.54 Å². The van der Waals surface area contributed by atoms with Crippen molar-refractivity contribution in [3.05, 3.63) is 40.8 Å². The lowest BCUT2D eigenvalue weighted by Gasteiger charge is -2.11. The van der Waals surface area contributed by atoms with Gasteiger partial charge in [0.15, 0.2) is 0 Å². The number of hydrogen-bond donors (Lipinski definition) is 1. The van der Waals surface area contributed by atoms with Crippen molar-refractivity contribution in [2.75, 3.05) is 0 Å². The molecule has 0 fully saturated rings. The van der Waals surface area contributed by atoms with E-state index in [2.05, 4.69) is 4.98 Å². The molecule has 78 valence electrons. The van der Waals surface area contributed by atoms with E-state index in [1.165, 1.54) is 6.20 Å². The lowest BCUT2D eigenvalue weighted by molar-refractivity contribution is 0.588. The summed E-state index contributed by atoms with van der Waals surface area (Å²) in [6.07, 6.45) is 1.34. The van der Waals surface area contributed by atoms with Gasteiger partial charge >= 0.3 is 0 Å². The van der Waals surface area contributed by atoms with Crippen molar-refractivity contribution >= 4 is 11.0 Å². The zero-order valence-corrected chi connectivity index (χ0v) is 8.55. The Bertz CT molecular complexity index is 531. The molecule has 0 aliphatic carbocycles. The molecule has 0 radical (unpaired) electrons. The number of hydrogen-bond acceptors (Lipinski definition) is 3. The van der Waals surface area contributed by atoms with Crippen molar-refractivity contribution in [1.29, 1.82) is 0 Å².